The predicted molar refractivity (Wildman–Crippen MR) is 52.6 cm³/mol. The van der Waals surface area contributed by atoms with E-state index in [1.165, 1.54) is 0 Å². The highest BCUT2D eigenvalue weighted by molar-refractivity contribution is 4.65. The van der Waals surface area contributed by atoms with Crippen molar-refractivity contribution in [3.05, 3.63) is 0 Å². The smallest absolute Gasteiger partial charge is 0.0798 e. The van der Waals surface area contributed by atoms with Crippen LogP contribution in [0.25, 0.3) is 0 Å². The van der Waals surface area contributed by atoms with Gasteiger partial charge in [-0.3, -0.25) is 0 Å². The molecule has 0 fully saturated rings. The van der Waals surface area contributed by atoms with Crippen molar-refractivity contribution >= 4 is 0 Å². The van der Waals surface area contributed by atoms with Gasteiger partial charge in [-0.15, -0.1) is 0 Å². The molecule has 2 unspecified atom stereocenters. The molecule has 0 amide bonds. The molecule has 3 heteroatoms. The molecule has 0 aromatic heterocycles. The fraction of sp³-hybridized carbons (Fsp3) is 1.00. The second-order valence-electron chi connectivity index (χ2n) is 4.37. The highest BCUT2D eigenvalue weighted by Gasteiger charge is 2.15. The van der Waals surface area contributed by atoms with E-state index >= 15 is 0 Å². The summed E-state index contributed by atoms with van der Waals surface area (Å²) in [6, 6.07) is 0. The van der Waals surface area contributed by atoms with Gasteiger partial charge >= 0.3 is 0 Å². The molecule has 0 bridgehead atoms. The van der Waals surface area contributed by atoms with E-state index < -0.39 is 12.2 Å². The van der Waals surface area contributed by atoms with Gasteiger partial charge in [0.1, 0.15) is 0 Å². The van der Waals surface area contributed by atoms with Crippen molar-refractivity contribution in [3.8, 4) is 0 Å². The maximum absolute atomic E-state index is 9.43. The Hall–Kier alpha value is -0.120. The molecule has 3 nitrogen and oxygen atoms in total. The standard InChI is InChI=1S/C10H22O3/c1-5-8(11)6-9(12)7-13-10(2,3)4/h8-9,11-12H,5-7H2,1-4H3. The van der Waals surface area contributed by atoms with E-state index in [9.17, 15) is 10.2 Å². The number of hydrogen-bond acceptors (Lipinski definition) is 3. The lowest BCUT2D eigenvalue weighted by atomic mass is 10.1. The SMILES string of the molecule is CCC(O)CC(O)COC(C)(C)C. The average molecular weight is 190 g/mol. The van der Waals surface area contributed by atoms with Crippen LogP contribution in [-0.2, 0) is 4.74 Å². The van der Waals surface area contributed by atoms with Gasteiger partial charge in [-0.05, 0) is 27.2 Å². The zero-order valence-electron chi connectivity index (χ0n) is 9.08. The van der Waals surface area contributed by atoms with E-state index in [0.717, 1.165) is 0 Å². The van der Waals surface area contributed by atoms with Crippen molar-refractivity contribution in [2.45, 2.75) is 58.3 Å². The van der Waals surface area contributed by atoms with Gasteiger partial charge in [-0.25, -0.2) is 0 Å². The third kappa shape index (κ3) is 8.22. The highest BCUT2D eigenvalue weighted by atomic mass is 16.5. The van der Waals surface area contributed by atoms with Crippen molar-refractivity contribution in [2.75, 3.05) is 6.61 Å². The molecule has 0 rings (SSSR count). The van der Waals surface area contributed by atoms with Crippen LogP contribution in [0.1, 0.15) is 40.5 Å². The fourth-order valence-electron chi connectivity index (χ4n) is 0.895. The molecule has 2 N–H and O–H groups in total. The minimum atomic E-state index is -0.561. The number of aliphatic hydroxyl groups excluding tert-OH is 2. The van der Waals surface area contributed by atoms with Crippen molar-refractivity contribution in [1.29, 1.82) is 0 Å². The zero-order chi connectivity index (χ0) is 10.5. The van der Waals surface area contributed by atoms with Crippen LogP contribution in [0.4, 0.5) is 0 Å². The third-order valence-electron chi connectivity index (χ3n) is 1.72. The van der Waals surface area contributed by atoms with Gasteiger partial charge in [-0.2, -0.15) is 0 Å². The van der Waals surface area contributed by atoms with Crippen LogP contribution < -0.4 is 0 Å². The summed E-state index contributed by atoms with van der Waals surface area (Å²) in [6.45, 7) is 8.00. The first-order valence-electron chi connectivity index (χ1n) is 4.85. The molecule has 0 aliphatic rings. The van der Waals surface area contributed by atoms with Crippen LogP contribution in [0.15, 0.2) is 0 Å². The first-order valence-corrected chi connectivity index (χ1v) is 4.85. The molecule has 0 aromatic carbocycles. The molecule has 0 aromatic rings. The second-order valence-corrected chi connectivity index (χ2v) is 4.37. The minimum absolute atomic E-state index is 0.224. The van der Waals surface area contributed by atoms with Crippen molar-refractivity contribution in [1.82, 2.24) is 0 Å². The first-order chi connectivity index (χ1) is 5.85. The highest BCUT2D eigenvalue weighted by Crippen LogP contribution is 2.09. The molecule has 80 valence electrons. The van der Waals surface area contributed by atoms with Gasteiger partial charge in [0.15, 0.2) is 0 Å². The Balaban J connectivity index is 3.57. The van der Waals surface area contributed by atoms with Gasteiger partial charge in [0.2, 0.25) is 0 Å². The summed E-state index contributed by atoms with van der Waals surface area (Å²) in [7, 11) is 0. The van der Waals surface area contributed by atoms with Gasteiger partial charge in [0, 0.05) is 6.42 Å². The molecule has 0 spiro atoms. The minimum Gasteiger partial charge on any atom is -0.393 e. The lowest BCUT2D eigenvalue weighted by molar-refractivity contribution is -0.0598. The maximum Gasteiger partial charge on any atom is 0.0798 e. The van der Waals surface area contributed by atoms with E-state index in [1.807, 2.05) is 27.7 Å². The number of aliphatic hydroxyl groups is 2. The van der Waals surface area contributed by atoms with Crippen LogP contribution in [0.2, 0.25) is 0 Å². The normalized spacial score (nSPS) is 17.1. The maximum atomic E-state index is 9.43. The molecule has 0 aliphatic heterocycles. The quantitative estimate of drug-likeness (QED) is 0.687. The summed E-state index contributed by atoms with van der Waals surface area (Å²) >= 11 is 0. The van der Waals surface area contributed by atoms with Crippen LogP contribution >= 0.6 is 0 Å². The molecule has 0 saturated heterocycles. The molecule has 0 aliphatic carbocycles. The van der Waals surface area contributed by atoms with Crippen LogP contribution in [-0.4, -0.2) is 34.6 Å². The van der Waals surface area contributed by atoms with E-state index in [4.69, 9.17) is 4.74 Å². The van der Waals surface area contributed by atoms with Crippen LogP contribution in [0, 0.1) is 0 Å². The summed E-state index contributed by atoms with van der Waals surface area (Å²) in [4.78, 5) is 0. The molecular weight excluding hydrogens is 168 g/mol. The van der Waals surface area contributed by atoms with E-state index in [2.05, 4.69) is 0 Å². The lowest BCUT2D eigenvalue weighted by Crippen LogP contribution is -2.28. The fourth-order valence-corrected chi connectivity index (χ4v) is 0.895. The van der Waals surface area contributed by atoms with Crippen LogP contribution in [0.3, 0.4) is 0 Å². The summed E-state index contributed by atoms with van der Waals surface area (Å²) in [5, 5.41) is 18.7. The Morgan fingerprint density at radius 3 is 2.08 bits per heavy atom. The molecular formula is C10H22O3. The van der Waals surface area contributed by atoms with Gasteiger partial charge in [-0.1, -0.05) is 6.92 Å². The van der Waals surface area contributed by atoms with E-state index in [1.54, 1.807) is 0 Å². The molecule has 0 radical (unpaired) electrons. The Kier molecular flexibility index (Phi) is 5.53. The lowest BCUT2D eigenvalue weighted by Gasteiger charge is -2.22. The summed E-state index contributed by atoms with van der Waals surface area (Å²) < 4.78 is 5.38. The van der Waals surface area contributed by atoms with Gasteiger partial charge in [0.25, 0.3) is 0 Å². The summed E-state index contributed by atoms with van der Waals surface area (Å²) in [6.07, 6.45) is 0.0897. The van der Waals surface area contributed by atoms with Gasteiger partial charge < -0.3 is 14.9 Å². The van der Waals surface area contributed by atoms with E-state index in [-0.39, 0.29) is 5.60 Å². The topological polar surface area (TPSA) is 49.7 Å². The zero-order valence-corrected chi connectivity index (χ0v) is 9.08. The molecule has 0 heterocycles. The van der Waals surface area contributed by atoms with Gasteiger partial charge in [0.05, 0.1) is 24.4 Å². The molecule has 0 saturated carbocycles. The molecule has 2 atom stereocenters. The van der Waals surface area contributed by atoms with E-state index in [0.29, 0.717) is 19.4 Å². The molecule has 13 heavy (non-hydrogen) atoms. The van der Waals surface area contributed by atoms with Crippen LogP contribution in [0.5, 0.6) is 0 Å². The Labute approximate surface area is 80.7 Å². The average Bonchev–Trinajstić information content (AvgIpc) is 1.99. The first kappa shape index (κ1) is 12.9. The Morgan fingerprint density at radius 2 is 1.69 bits per heavy atom. The monoisotopic (exact) mass is 190 g/mol. The number of ether oxygens (including phenoxy) is 1. The van der Waals surface area contributed by atoms with Crippen molar-refractivity contribution in [2.24, 2.45) is 0 Å². The Morgan fingerprint density at radius 1 is 1.15 bits per heavy atom. The predicted octanol–water partition coefficient (Wildman–Crippen LogP) is 1.32. The second kappa shape index (κ2) is 5.58. The number of hydrogen-bond donors (Lipinski definition) is 2. The number of rotatable bonds is 5. The third-order valence-corrected chi connectivity index (χ3v) is 1.72. The largest absolute Gasteiger partial charge is 0.393 e. The summed E-state index contributed by atoms with van der Waals surface area (Å²) in [5.74, 6) is 0. The summed E-state index contributed by atoms with van der Waals surface area (Å²) in [5.41, 5.74) is -0.224. The van der Waals surface area contributed by atoms with Crippen molar-refractivity contribution < 1.29 is 14.9 Å². The van der Waals surface area contributed by atoms with Crippen molar-refractivity contribution in [3.63, 3.8) is 0 Å². The Bertz CT molecular complexity index is 129.